The average Bonchev–Trinajstić information content (AvgIpc) is 3.18. The molecule has 0 aliphatic rings. The summed E-state index contributed by atoms with van der Waals surface area (Å²) in [6, 6.07) is 16.6. The van der Waals surface area contributed by atoms with E-state index in [0.717, 1.165) is 91.3 Å². The van der Waals surface area contributed by atoms with E-state index in [9.17, 15) is 4.57 Å². The molecule has 58 heavy (non-hydrogen) atoms. The molecule has 0 bridgehead atoms. The summed E-state index contributed by atoms with van der Waals surface area (Å²) in [5, 5.41) is 0. The van der Waals surface area contributed by atoms with Crippen LogP contribution in [0.25, 0.3) is 22.3 Å². The van der Waals surface area contributed by atoms with Crippen LogP contribution in [0.5, 0.6) is 0 Å². The fraction of sp³-hybridized carbons (Fsp3) is 0.522. The molecular formula is C46H70Cl2N6O3P+. The van der Waals surface area contributed by atoms with Crippen LogP contribution in [-0.2, 0) is 63.8 Å². The third-order valence-corrected chi connectivity index (χ3v) is 12.4. The number of benzene rings is 2. The lowest BCUT2D eigenvalue weighted by atomic mass is 9.79. The van der Waals surface area contributed by atoms with Crippen molar-refractivity contribution >= 4 is 33.1 Å². The van der Waals surface area contributed by atoms with Gasteiger partial charge in [-0.05, 0) is 109 Å². The molecule has 12 heteroatoms. The van der Waals surface area contributed by atoms with Crippen molar-refractivity contribution in [3.63, 3.8) is 0 Å². The van der Waals surface area contributed by atoms with Crippen molar-refractivity contribution in [3.05, 3.63) is 105 Å². The van der Waals surface area contributed by atoms with Crippen molar-refractivity contribution in [2.45, 2.75) is 145 Å². The number of halogens is 2. The van der Waals surface area contributed by atoms with Crippen LogP contribution < -0.4 is 22.9 Å². The first-order chi connectivity index (χ1) is 26.7. The number of hydrogen-bond acceptors (Lipinski definition) is 9. The van der Waals surface area contributed by atoms with Gasteiger partial charge >= 0.3 is 8.25 Å². The lowest BCUT2D eigenvalue weighted by Crippen LogP contribution is -2.33. The molecule has 8 N–H and O–H groups in total. The van der Waals surface area contributed by atoms with Crippen molar-refractivity contribution in [2.75, 3.05) is 0 Å². The Labute approximate surface area is 362 Å². The number of aromatic nitrogens is 2. The van der Waals surface area contributed by atoms with Crippen molar-refractivity contribution in [3.8, 4) is 22.3 Å². The van der Waals surface area contributed by atoms with Crippen LogP contribution in [0.2, 0.25) is 0 Å². The van der Waals surface area contributed by atoms with E-state index in [1.54, 1.807) is 0 Å². The molecule has 2 aromatic carbocycles. The Morgan fingerprint density at radius 2 is 0.879 bits per heavy atom. The van der Waals surface area contributed by atoms with Gasteiger partial charge in [0.1, 0.15) is 0 Å². The second kappa shape index (κ2) is 22.7. The highest BCUT2D eigenvalue weighted by Gasteiger charge is 2.50. The maximum Gasteiger partial charge on any atom is 0.699 e. The Kier molecular flexibility index (Phi) is 20.1. The molecule has 0 aliphatic carbocycles. The summed E-state index contributed by atoms with van der Waals surface area (Å²) >= 11 is 0. The summed E-state index contributed by atoms with van der Waals surface area (Å²) in [6.45, 7) is 22.6. The van der Waals surface area contributed by atoms with E-state index in [0.29, 0.717) is 63.7 Å². The summed E-state index contributed by atoms with van der Waals surface area (Å²) in [5.74, 6) is 0.757. The highest BCUT2D eigenvalue weighted by molar-refractivity contribution is 7.33. The molecule has 0 aliphatic heterocycles. The van der Waals surface area contributed by atoms with Gasteiger partial charge in [0.05, 0.1) is 0 Å². The topological polar surface area (TPSA) is 165 Å². The van der Waals surface area contributed by atoms with Crippen molar-refractivity contribution in [2.24, 2.45) is 34.8 Å². The molecule has 0 amide bonds. The first-order valence-electron chi connectivity index (χ1n) is 20.6. The van der Waals surface area contributed by atoms with Crippen LogP contribution in [0.3, 0.4) is 0 Å². The molecular weight excluding hydrogens is 786 g/mol. The maximum atomic E-state index is 14.9. The first-order valence-corrected chi connectivity index (χ1v) is 21.7. The number of aryl methyl sites for hydroxylation is 2. The van der Waals surface area contributed by atoms with Crippen LogP contribution in [0.15, 0.2) is 48.5 Å². The van der Waals surface area contributed by atoms with Crippen LogP contribution in [0.1, 0.15) is 137 Å². The molecule has 0 unspecified atom stereocenters. The summed E-state index contributed by atoms with van der Waals surface area (Å²) in [7, 11) is -2.70. The number of nitrogens with zero attached hydrogens (tertiary/aromatic N) is 2. The van der Waals surface area contributed by atoms with Gasteiger partial charge in [0, 0.05) is 64.6 Å². The largest absolute Gasteiger partial charge is 0.699 e. The van der Waals surface area contributed by atoms with Crippen molar-refractivity contribution < 1.29 is 13.6 Å². The number of rotatable bonds is 20. The highest BCUT2D eigenvalue weighted by atomic mass is 35.5. The molecule has 2 aromatic heterocycles. The monoisotopic (exact) mass is 855 g/mol. The van der Waals surface area contributed by atoms with Crippen molar-refractivity contribution in [1.82, 2.24) is 9.97 Å². The molecule has 4 aromatic rings. The molecule has 0 saturated heterocycles. The van der Waals surface area contributed by atoms with Crippen LogP contribution >= 0.6 is 33.1 Å². The van der Waals surface area contributed by atoms with Gasteiger partial charge in [-0.25, -0.2) is 0 Å². The third-order valence-electron chi connectivity index (χ3n) is 11.4. The Morgan fingerprint density at radius 3 is 1.12 bits per heavy atom. The van der Waals surface area contributed by atoms with Crippen LogP contribution in [0.4, 0.5) is 0 Å². The quantitative estimate of drug-likeness (QED) is 0.0633. The van der Waals surface area contributed by atoms with E-state index in [-0.39, 0.29) is 24.8 Å². The minimum absolute atomic E-state index is 0. The van der Waals surface area contributed by atoms with E-state index < -0.39 is 19.5 Å². The first kappa shape index (κ1) is 51.3. The molecule has 0 fully saturated rings. The predicted molar refractivity (Wildman–Crippen MR) is 246 cm³/mol. The van der Waals surface area contributed by atoms with E-state index in [2.05, 4.69) is 104 Å². The maximum absolute atomic E-state index is 14.9. The number of nitrogens with two attached hydrogens (primary N) is 4. The number of pyridine rings is 2. The second-order valence-electron chi connectivity index (χ2n) is 16.0. The zero-order chi connectivity index (χ0) is 41.4. The molecule has 9 nitrogen and oxygen atoms in total. The highest BCUT2D eigenvalue weighted by Crippen LogP contribution is 2.53. The predicted octanol–water partition coefficient (Wildman–Crippen LogP) is 10.9. The van der Waals surface area contributed by atoms with Crippen molar-refractivity contribution in [1.29, 1.82) is 0 Å². The van der Waals surface area contributed by atoms with Gasteiger partial charge in [-0.3, -0.25) is 9.97 Å². The molecule has 320 valence electrons. The normalized spacial score (nSPS) is 11.9. The zero-order valence-corrected chi connectivity index (χ0v) is 39.1. The summed E-state index contributed by atoms with van der Waals surface area (Å²) in [5.41, 5.74) is 36.6. The van der Waals surface area contributed by atoms with Gasteiger partial charge in [0.25, 0.3) is 0 Å². The second-order valence-corrected chi connectivity index (χ2v) is 16.8. The van der Waals surface area contributed by atoms with Gasteiger partial charge < -0.3 is 22.9 Å². The van der Waals surface area contributed by atoms with E-state index >= 15 is 0 Å². The molecule has 0 saturated carbocycles. The lowest BCUT2D eigenvalue weighted by Gasteiger charge is -2.34. The van der Waals surface area contributed by atoms with E-state index in [1.165, 1.54) is 0 Å². The Morgan fingerprint density at radius 1 is 0.569 bits per heavy atom. The molecule has 2 heterocycles. The van der Waals surface area contributed by atoms with Gasteiger partial charge in [-0.1, -0.05) is 104 Å². The van der Waals surface area contributed by atoms with Crippen LogP contribution in [0, 0.1) is 25.7 Å². The Hall–Kier alpha value is -2.82. The molecule has 0 spiro atoms. The third kappa shape index (κ3) is 10.9. The molecule has 4 rings (SSSR count). The molecule has 0 atom stereocenters. The summed E-state index contributed by atoms with van der Waals surface area (Å²) < 4.78 is 28.6. The number of hydrogen-bond donors (Lipinski definition) is 4. The lowest BCUT2D eigenvalue weighted by molar-refractivity contribution is -0.00206. The van der Waals surface area contributed by atoms with Gasteiger partial charge in [-0.2, -0.15) is 0 Å². The minimum Gasteiger partial charge on any atom is -0.326 e. The smallest absolute Gasteiger partial charge is 0.326 e. The van der Waals surface area contributed by atoms with Gasteiger partial charge in [0.15, 0.2) is 11.2 Å². The fourth-order valence-corrected chi connectivity index (χ4v) is 9.69. The Bertz CT molecular complexity index is 1810. The standard InChI is InChI=1S/C46H68N6O3P.2ClH/c1-11-45(12-2,43-31(9)51-39(23-29(5)6)37(27-49)41(43)35-19-15-33(25-47)16-20-35)54-56(53)55-46(13-3,14-4)44-32(10)52-40(24-30(7)8)38(28-50)42(44)36-21-17-34(26-48)18-22-36;;/h15-22,29-30H,11-14,23-28,47-50H2,1-10H3;2*1H/q+1;;. The Balaban J connectivity index is 0.00000580. The van der Waals surface area contributed by atoms with Gasteiger partial charge in [-0.15, -0.1) is 33.9 Å². The van der Waals surface area contributed by atoms with Crippen LogP contribution in [-0.4, -0.2) is 9.97 Å². The van der Waals surface area contributed by atoms with Gasteiger partial charge in [0.2, 0.25) is 0 Å². The summed E-state index contributed by atoms with van der Waals surface area (Å²) in [6.07, 6.45) is 3.69. The SMILES string of the molecule is CCC(CC)(O[P+](=O)OC(CC)(CC)c1c(C)nc(CC(C)C)c(CN)c1-c1ccc(CN)cc1)c1c(C)nc(CC(C)C)c(CN)c1-c1ccc(CN)cc1.Cl.Cl. The van der Waals surface area contributed by atoms with E-state index in [1.807, 2.05) is 13.8 Å². The minimum atomic E-state index is -2.70. The fourth-order valence-electron chi connectivity index (χ4n) is 8.38. The zero-order valence-electron chi connectivity index (χ0n) is 36.5. The summed E-state index contributed by atoms with van der Waals surface area (Å²) in [4.78, 5) is 10.4. The molecule has 0 radical (unpaired) electrons. The average molecular weight is 857 g/mol. The van der Waals surface area contributed by atoms with E-state index in [4.69, 9.17) is 42.0 Å².